The van der Waals surface area contributed by atoms with Gasteiger partial charge in [-0.3, -0.25) is 4.79 Å². The van der Waals surface area contributed by atoms with Gasteiger partial charge in [0.05, 0.1) is 5.92 Å². The molecule has 3 rings (SSSR count). The summed E-state index contributed by atoms with van der Waals surface area (Å²) >= 11 is 6.02. The van der Waals surface area contributed by atoms with E-state index in [-0.39, 0.29) is 11.8 Å². The quantitative estimate of drug-likeness (QED) is 0.879. The van der Waals surface area contributed by atoms with Gasteiger partial charge in [0.25, 0.3) is 0 Å². The van der Waals surface area contributed by atoms with Gasteiger partial charge in [0.2, 0.25) is 5.91 Å². The van der Waals surface area contributed by atoms with E-state index in [4.69, 9.17) is 11.6 Å². The van der Waals surface area contributed by atoms with Gasteiger partial charge in [-0.2, -0.15) is 0 Å². The van der Waals surface area contributed by atoms with E-state index < -0.39 is 0 Å². The average molecular weight is 286 g/mol. The van der Waals surface area contributed by atoms with Crippen LogP contribution < -0.4 is 5.32 Å². The lowest BCUT2D eigenvalue weighted by atomic mass is 9.91. The molecule has 0 bridgehead atoms. The van der Waals surface area contributed by atoms with Crippen LogP contribution in [-0.2, 0) is 11.2 Å². The number of carbonyl (C=O) groups excluding carboxylic acids is 1. The van der Waals surface area contributed by atoms with Crippen molar-refractivity contribution in [3.63, 3.8) is 0 Å². The fourth-order valence-electron chi connectivity index (χ4n) is 2.90. The number of amides is 1. The lowest BCUT2D eigenvalue weighted by molar-refractivity contribution is -0.117. The molecule has 0 aliphatic carbocycles. The highest BCUT2D eigenvalue weighted by atomic mass is 35.5. The number of benzene rings is 2. The van der Waals surface area contributed by atoms with Gasteiger partial charge in [-0.25, -0.2) is 0 Å². The Balaban J connectivity index is 1.98. The molecule has 1 atom stereocenters. The van der Waals surface area contributed by atoms with Gasteiger partial charge in [0, 0.05) is 10.7 Å². The Bertz CT molecular complexity index is 693. The maximum Gasteiger partial charge on any atom is 0.232 e. The molecule has 0 saturated carbocycles. The van der Waals surface area contributed by atoms with Gasteiger partial charge in [0.15, 0.2) is 0 Å². The third-order valence-electron chi connectivity index (χ3n) is 3.78. The number of fused-ring (bicyclic) bond motifs is 1. The molecule has 1 unspecified atom stereocenters. The SMILES string of the molecule is Cc1cc(C)c2c(c1)C(Cc1cccc(Cl)c1)C(=O)N2. The van der Waals surface area contributed by atoms with E-state index in [1.807, 2.05) is 31.2 Å². The van der Waals surface area contributed by atoms with Crippen LogP contribution in [0.25, 0.3) is 0 Å². The van der Waals surface area contributed by atoms with Gasteiger partial charge >= 0.3 is 0 Å². The number of rotatable bonds is 2. The van der Waals surface area contributed by atoms with Crippen LogP contribution in [0.1, 0.15) is 28.2 Å². The average Bonchev–Trinajstić information content (AvgIpc) is 2.68. The molecular weight excluding hydrogens is 270 g/mol. The van der Waals surface area contributed by atoms with Crippen LogP contribution in [0.3, 0.4) is 0 Å². The maximum absolute atomic E-state index is 12.2. The monoisotopic (exact) mass is 285 g/mol. The van der Waals surface area contributed by atoms with Crippen molar-refractivity contribution in [1.29, 1.82) is 0 Å². The number of hydrogen-bond acceptors (Lipinski definition) is 1. The molecule has 0 fully saturated rings. The third-order valence-corrected chi connectivity index (χ3v) is 4.01. The van der Waals surface area contributed by atoms with Gasteiger partial charge < -0.3 is 5.32 Å². The molecule has 2 aromatic rings. The van der Waals surface area contributed by atoms with Crippen molar-refractivity contribution >= 4 is 23.2 Å². The van der Waals surface area contributed by atoms with Crippen LogP contribution >= 0.6 is 11.6 Å². The second-order valence-corrected chi connectivity index (χ2v) is 5.86. The normalized spacial score (nSPS) is 16.9. The highest BCUT2D eigenvalue weighted by Gasteiger charge is 2.31. The number of halogens is 1. The standard InChI is InChI=1S/C17H16ClNO/c1-10-6-11(2)16-14(7-10)15(17(20)19-16)9-12-4-3-5-13(18)8-12/h3-8,15H,9H2,1-2H3,(H,19,20). The number of aryl methyl sites for hydroxylation is 2. The van der Waals surface area contributed by atoms with Crippen LogP contribution in [0.4, 0.5) is 5.69 Å². The van der Waals surface area contributed by atoms with Crippen LogP contribution in [0.5, 0.6) is 0 Å². The van der Waals surface area contributed by atoms with Crippen LogP contribution in [-0.4, -0.2) is 5.91 Å². The zero-order valence-corrected chi connectivity index (χ0v) is 12.3. The lowest BCUT2D eigenvalue weighted by Crippen LogP contribution is -2.14. The van der Waals surface area contributed by atoms with Crippen molar-refractivity contribution in [2.75, 3.05) is 5.32 Å². The van der Waals surface area contributed by atoms with Gasteiger partial charge in [-0.15, -0.1) is 0 Å². The zero-order chi connectivity index (χ0) is 14.3. The summed E-state index contributed by atoms with van der Waals surface area (Å²) in [5.41, 5.74) is 5.49. The molecule has 2 nitrogen and oxygen atoms in total. The molecule has 1 aliphatic rings. The van der Waals surface area contributed by atoms with E-state index in [1.54, 1.807) is 0 Å². The van der Waals surface area contributed by atoms with Gasteiger partial charge in [-0.1, -0.05) is 41.4 Å². The Morgan fingerprint density at radius 1 is 1.20 bits per heavy atom. The lowest BCUT2D eigenvalue weighted by Gasteiger charge is -2.10. The fraction of sp³-hybridized carbons (Fsp3) is 0.235. The second-order valence-electron chi connectivity index (χ2n) is 5.42. The fourth-order valence-corrected chi connectivity index (χ4v) is 3.11. The zero-order valence-electron chi connectivity index (χ0n) is 11.5. The van der Waals surface area contributed by atoms with Crippen molar-refractivity contribution in [3.05, 3.63) is 63.7 Å². The molecule has 1 heterocycles. The van der Waals surface area contributed by atoms with Crippen LogP contribution in [0, 0.1) is 13.8 Å². The second kappa shape index (κ2) is 4.95. The first-order valence-electron chi connectivity index (χ1n) is 6.71. The summed E-state index contributed by atoms with van der Waals surface area (Å²) in [5, 5.41) is 3.72. The first-order chi connectivity index (χ1) is 9.54. The van der Waals surface area contributed by atoms with E-state index in [0.29, 0.717) is 11.4 Å². The highest BCUT2D eigenvalue weighted by Crippen LogP contribution is 2.37. The molecule has 102 valence electrons. The summed E-state index contributed by atoms with van der Waals surface area (Å²) in [6.07, 6.45) is 0.683. The minimum absolute atomic E-state index is 0.0775. The molecule has 1 aliphatic heterocycles. The largest absolute Gasteiger partial charge is 0.325 e. The van der Waals surface area contributed by atoms with E-state index in [9.17, 15) is 4.79 Å². The topological polar surface area (TPSA) is 29.1 Å². The Morgan fingerprint density at radius 2 is 2.00 bits per heavy atom. The molecule has 20 heavy (non-hydrogen) atoms. The van der Waals surface area contributed by atoms with E-state index in [2.05, 4.69) is 24.4 Å². The van der Waals surface area contributed by atoms with Crippen LogP contribution in [0.2, 0.25) is 5.02 Å². The maximum atomic E-state index is 12.2. The van der Waals surface area contributed by atoms with E-state index >= 15 is 0 Å². The van der Waals surface area contributed by atoms with Crippen molar-refractivity contribution in [1.82, 2.24) is 0 Å². The minimum Gasteiger partial charge on any atom is -0.325 e. The Morgan fingerprint density at radius 3 is 2.75 bits per heavy atom. The Kier molecular flexibility index (Phi) is 3.27. The molecule has 2 aromatic carbocycles. The Hall–Kier alpha value is -1.80. The third kappa shape index (κ3) is 2.32. The summed E-state index contributed by atoms with van der Waals surface area (Å²) in [6, 6.07) is 11.9. The number of anilines is 1. The van der Waals surface area contributed by atoms with Crippen molar-refractivity contribution in [3.8, 4) is 0 Å². The molecule has 0 radical (unpaired) electrons. The van der Waals surface area contributed by atoms with Crippen LogP contribution in [0.15, 0.2) is 36.4 Å². The Labute approximate surface area is 123 Å². The summed E-state index contributed by atoms with van der Waals surface area (Å²) in [4.78, 5) is 12.2. The molecule has 0 saturated heterocycles. The summed E-state index contributed by atoms with van der Waals surface area (Å²) in [6.45, 7) is 4.10. The predicted octanol–water partition coefficient (Wildman–Crippen LogP) is 4.24. The molecule has 3 heteroatoms. The van der Waals surface area contributed by atoms with Gasteiger partial charge in [-0.05, 0) is 49.1 Å². The van der Waals surface area contributed by atoms with Crippen molar-refractivity contribution < 1.29 is 4.79 Å². The summed E-state index contributed by atoms with van der Waals surface area (Å²) in [5.74, 6) is -0.0456. The molecule has 0 aromatic heterocycles. The number of hydrogen-bond donors (Lipinski definition) is 1. The van der Waals surface area contributed by atoms with Crippen molar-refractivity contribution in [2.24, 2.45) is 0 Å². The first kappa shape index (κ1) is 13.2. The molecule has 0 spiro atoms. The number of nitrogens with one attached hydrogen (secondary N) is 1. The van der Waals surface area contributed by atoms with Gasteiger partial charge in [0.1, 0.15) is 0 Å². The highest BCUT2D eigenvalue weighted by molar-refractivity contribution is 6.30. The molecule has 1 amide bonds. The molecule has 1 N–H and O–H groups in total. The summed E-state index contributed by atoms with van der Waals surface area (Å²) < 4.78 is 0. The van der Waals surface area contributed by atoms with E-state index in [0.717, 1.165) is 22.4 Å². The molecular formula is C17H16ClNO. The van der Waals surface area contributed by atoms with Crippen molar-refractivity contribution in [2.45, 2.75) is 26.2 Å². The smallest absolute Gasteiger partial charge is 0.232 e. The van der Waals surface area contributed by atoms with E-state index in [1.165, 1.54) is 5.56 Å². The number of carbonyl (C=O) groups is 1. The summed E-state index contributed by atoms with van der Waals surface area (Å²) in [7, 11) is 0. The minimum atomic E-state index is -0.123. The predicted molar refractivity (Wildman–Crippen MR) is 82.4 cm³/mol. The first-order valence-corrected chi connectivity index (χ1v) is 7.09.